The van der Waals surface area contributed by atoms with Crippen molar-refractivity contribution < 1.29 is 14.6 Å². The number of imidazole rings is 1. The Labute approximate surface area is 145 Å². The standard InChI is InChI=1S/C15H14BrN5O3/c1-24-14(23)12-11-13(19-7-18-11)21-15(20-12)17-5-4-8-6-9(22)2-3-10(8)16/h2-3,6-7,22H,4-5H2,1H3,(H2,17,18,19,20,21). The van der Waals surface area contributed by atoms with Gasteiger partial charge in [0, 0.05) is 11.0 Å². The highest BCUT2D eigenvalue weighted by Gasteiger charge is 2.17. The van der Waals surface area contributed by atoms with Gasteiger partial charge < -0.3 is 20.1 Å². The third kappa shape index (κ3) is 3.30. The number of esters is 1. The number of aromatic hydroxyl groups is 1. The summed E-state index contributed by atoms with van der Waals surface area (Å²) in [5.74, 6) is -0.0768. The third-order valence-corrected chi connectivity index (χ3v) is 4.14. The van der Waals surface area contributed by atoms with Crippen molar-refractivity contribution in [3.63, 3.8) is 0 Å². The van der Waals surface area contributed by atoms with Crippen molar-refractivity contribution in [2.24, 2.45) is 0 Å². The summed E-state index contributed by atoms with van der Waals surface area (Å²) in [4.78, 5) is 27.2. The molecule has 0 radical (unpaired) electrons. The van der Waals surface area contributed by atoms with Gasteiger partial charge in [-0.15, -0.1) is 0 Å². The summed E-state index contributed by atoms with van der Waals surface area (Å²) in [6, 6.07) is 5.08. The quantitative estimate of drug-likeness (QED) is 0.571. The van der Waals surface area contributed by atoms with Gasteiger partial charge in [-0.2, -0.15) is 4.98 Å². The molecule has 3 aromatic rings. The van der Waals surface area contributed by atoms with Crippen LogP contribution in [0.2, 0.25) is 0 Å². The van der Waals surface area contributed by atoms with E-state index in [0.29, 0.717) is 24.1 Å². The van der Waals surface area contributed by atoms with Crippen molar-refractivity contribution in [3.05, 3.63) is 40.3 Å². The summed E-state index contributed by atoms with van der Waals surface area (Å²) >= 11 is 3.44. The molecule has 0 aliphatic heterocycles. The minimum absolute atomic E-state index is 0.126. The Hall–Kier alpha value is -2.68. The van der Waals surface area contributed by atoms with Crippen LogP contribution < -0.4 is 5.32 Å². The Morgan fingerprint density at radius 1 is 1.42 bits per heavy atom. The normalized spacial score (nSPS) is 10.8. The average Bonchev–Trinajstić information content (AvgIpc) is 3.05. The number of carbonyl (C=O) groups is 1. The van der Waals surface area contributed by atoms with Gasteiger partial charge in [0.05, 0.1) is 13.4 Å². The molecular formula is C15H14BrN5O3. The molecular weight excluding hydrogens is 378 g/mol. The second kappa shape index (κ2) is 6.83. The number of fused-ring (bicyclic) bond motifs is 1. The zero-order chi connectivity index (χ0) is 17.1. The fourth-order valence-electron chi connectivity index (χ4n) is 2.22. The van der Waals surface area contributed by atoms with Gasteiger partial charge in [0.15, 0.2) is 11.3 Å². The SMILES string of the molecule is COC(=O)c1nc(NCCc2cc(O)ccc2Br)nc2nc[nH]c12. The first-order chi connectivity index (χ1) is 11.6. The minimum Gasteiger partial charge on any atom is -0.508 e. The highest BCUT2D eigenvalue weighted by molar-refractivity contribution is 9.10. The number of benzene rings is 1. The van der Waals surface area contributed by atoms with Crippen LogP contribution in [0.25, 0.3) is 11.2 Å². The van der Waals surface area contributed by atoms with E-state index in [1.165, 1.54) is 13.4 Å². The second-order valence-corrected chi connectivity index (χ2v) is 5.80. The van der Waals surface area contributed by atoms with Crippen molar-refractivity contribution in [3.8, 4) is 5.75 Å². The molecule has 24 heavy (non-hydrogen) atoms. The maximum atomic E-state index is 11.8. The highest BCUT2D eigenvalue weighted by Crippen LogP contribution is 2.22. The van der Waals surface area contributed by atoms with Gasteiger partial charge in [-0.3, -0.25) is 0 Å². The lowest BCUT2D eigenvalue weighted by atomic mass is 10.1. The van der Waals surface area contributed by atoms with E-state index in [1.807, 2.05) is 0 Å². The van der Waals surface area contributed by atoms with Crippen LogP contribution in [0, 0.1) is 0 Å². The molecule has 0 saturated carbocycles. The summed E-state index contributed by atoms with van der Waals surface area (Å²) < 4.78 is 5.64. The van der Waals surface area contributed by atoms with Crippen LogP contribution in [0.15, 0.2) is 29.0 Å². The van der Waals surface area contributed by atoms with E-state index in [0.717, 1.165) is 10.0 Å². The van der Waals surface area contributed by atoms with E-state index < -0.39 is 5.97 Å². The van der Waals surface area contributed by atoms with Crippen molar-refractivity contribution in [1.29, 1.82) is 0 Å². The fraction of sp³-hybridized carbons (Fsp3) is 0.200. The number of ether oxygens (including phenoxy) is 1. The number of hydrogen-bond acceptors (Lipinski definition) is 7. The maximum Gasteiger partial charge on any atom is 0.359 e. The number of methoxy groups -OCH3 is 1. The van der Waals surface area contributed by atoms with E-state index in [-0.39, 0.29) is 17.4 Å². The van der Waals surface area contributed by atoms with Crippen LogP contribution in [0.1, 0.15) is 16.1 Å². The zero-order valence-electron chi connectivity index (χ0n) is 12.7. The number of nitrogens with one attached hydrogen (secondary N) is 2. The lowest BCUT2D eigenvalue weighted by Crippen LogP contribution is -2.12. The van der Waals surface area contributed by atoms with E-state index >= 15 is 0 Å². The first-order valence-electron chi connectivity index (χ1n) is 7.09. The number of halogens is 1. The Morgan fingerprint density at radius 3 is 3.04 bits per heavy atom. The molecule has 0 bridgehead atoms. The summed E-state index contributed by atoms with van der Waals surface area (Å²) in [6.07, 6.45) is 2.07. The number of phenolic OH excluding ortho intramolecular Hbond substituents is 1. The van der Waals surface area contributed by atoms with Crippen LogP contribution in [-0.4, -0.2) is 44.7 Å². The molecule has 9 heteroatoms. The molecule has 0 aliphatic carbocycles. The first kappa shape index (κ1) is 16.2. The third-order valence-electron chi connectivity index (χ3n) is 3.37. The van der Waals surface area contributed by atoms with Gasteiger partial charge in [-0.05, 0) is 30.2 Å². The Bertz CT molecular complexity index is 896. The van der Waals surface area contributed by atoms with E-state index in [1.54, 1.807) is 18.2 Å². The van der Waals surface area contributed by atoms with Crippen LogP contribution in [-0.2, 0) is 11.2 Å². The number of anilines is 1. The van der Waals surface area contributed by atoms with Gasteiger partial charge in [0.1, 0.15) is 11.3 Å². The second-order valence-electron chi connectivity index (χ2n) is 4.94. The molecule has 2 heterocycles. The summed E-state index contributed by atoms with van der Waals surface area (Å²) in [7, 11) is 1.29. The molecule has 2 aromatic heterocycles. The molecule has 1 aromatic carbocycles. The van der Waals surface area contributed by atoms with Crippen molar-refractivity contribution in [1.82, 2.24) is 19.9 Å². The summed E-state index contributed by atoms with van der Waals surface area (Å²) in [5.41, 5.74) is 1.88. The molecule has 0 unspecified atom stereocenters. The van der Waals surface area contributed by atoms with Gasteiger partial charge >= 0.3 is 5.97 Å². The molecule has 8 nitrogen and oxygen atoms in total. The van der Waals surface area contributed by atoms with Gasteiger partial charge in [0.2, 0.25) is 5.95 Å². The topological polar surface area (TPSA) is 113 Å². The van der Waals surface area contributed by atoms with Crippen LogP contribution in [0.3, 0.4) is 0 Å². The van der Waals surface area contributed by atoms with Crippen molar-refractivity contribution >= 4 is 39.0 Å². The smallest absolute Gasteiger partial charge is 0.359 e. The predicted octanol–water partition coefficient (Wildman–Crippen LogP) is 2.26. The maximum absolute atomic E-state index is 11.8. The number of phenols is 1. The number of carbonyl (C=O) groups excluding carboxylic acids is 1. The number of rotatable bonds is 5. The molecule has 0 aliphatic rings. The lowest BCUT2D eigenvalue weighted by molar-refractivity contribution is 0.0596. The van der Waals surface area contributed by atoms with Crippen molar-refractivity contribution in [2.75, 3.05) is 19.0 Å². The van der Waals surface area contributed by atoms with Gasteiger partial charge in [-0.25, -0.2) is 14.8 Å². The number of H-pyrrole nitrogens is 1. The highest BCUT2D eigenvalue weighted by atomic mass is 79.9. The van der Waals surface area contributed by atoms with E-state index in [2.05, 4.69) is 41.2 Å². The molecule has 124 valence electrons. The fourth-order valence-corrected chi connectivity index (χ4v) is 2.66. The zero-order valence-corrected chi connectivity index (χ0v) is 14.3. The Morgan fingerprint density at radius 2 is 2.25 bits per heavy atom. The van der Waals surface area contributed by atoms with Gasteiger partial charge in [-0.1, -0.05) is 15.9 Å². The number of aromatic nitrogens is 4. The molecule has 0 atom stereocenters. The largest absolute Gasteiger partial charge is 0.508 e. The lowest BCUT2D eigenvalue weighted by Gasteiger charge is -2.08. The van der Waals surface area contributed by atoms with Crippen molar-refractivity contribution in [2.45, 2.75) is 6.42 Å². The Balaban J connectivity index is 1.78. The van der Waals surface area contributed by atoms with E-state index in [4.69, 9.17) is 4.74 Å². The minimum atomic E-state index is -0.564. The predicted molar refractivity (Wildman–Crippen MR) is 91.0 cm³/mol. The molecule has 0 amide bonds. The average molecular weight is 392 g/mol. The molecule has 0 saturated heterocycles. The van der Waals surface area contributed by atoms with Crippen LogP contribution in [0.5, 0.6) is 5.75 Å². The summed E-state index contributed by atoms with van der Waals surface area (Å²) in [5, 5.41) is 12.6. The molecule has 0 spiro atoms. The van der Waals surface area contributed by atoms with E-state index in [9.17, 15) is 9.90 Å². The van der Waals surface area contributed by atoms with Crippen LogP contribution in [0.4, 0.5) is 5.95 Å². The Kier molecular flexibility index (Phi) is 4.61. The van der Waals surface area contributed by atoms with Gasteiger partial charge in [0.25, 0.3) is 0 Å². The van der Waals surface area contributed by atoms with Crippen LogP contribution >= 0.6 is 15.9 Å². The number of nitrogens with zero attached hydrogens (tertiary/aromatic N) is 3. The molecule has 3 rings (SSSR count). The first-order valence-corrected chi connectivity index (χ1v) is 7.88. The summed E-state index contributed by atoms with van der Waals surface area (Å²) in [6.45, 7) is 0.512. The monoisotopic (exact) mass is 391 g/mol. The molecule has 3 N–H and O–H groups in total. The number of hydrogen-bond donors (Lipinski definition) is 3. The number of aromatic amines is 1. The molecule has 0 fully saturated rings.